The lowest BCUT2D eigenvalue weighted by molar-refractivity contribution is -0.136. The molecule has 0 aliphatic carbocycles. The van der Waals surface area contributed by atoms with E-state index in [1.807, 2.05) is 43.3 Å². The number of nitrogens with two attached hydrogens (primary N) is 1. The molecule has 0 saturated heterocycles. The van der Waals surface area contributed by atoms with Crippen LogP contribution in [0.25, 0.3) is 0 Å². The number of aliphatic carboxylic acids is 1. The Morgan fingerprint density at radius 2 is 1.21 bits per heavy atom. The topological polar surface area (TPSA) is 101 Å². The molecule has 1 atom stereocenters. The molecule has 1 unspecified atom stereocenters. The molecule has 0 radical (unpaired) electrons. The largest absolute Gasteiger partial charge is 0.481 e. The maximum Gasteiger partial charge on any atom is 0.307 e. The average molecular weight is 679 g/mol. The van der Waals surface area contributed by atoms with Crippen molar-refractivity contribution in [3.8, 4) is 0 Å². The summed E-state index contributed by atoms with van der Waals surface area (Å²) in [6, 6.07) is 15.2. The number of aliphatic hydroxyl groups excluding tert-OH is 1. The molecule has 0 saturated carbocycles. The Morgan fingerprint density at radius 3 is 1.46 bits per heavy atom. The van der Waals surface area contributed by atoms with E-state index in [0.29, 0.717) is 30.5 Å². The van der Waals surface area contributed by atoms with Crippen LogP contribution >= 0.6 is 31.9 Å². The minimum Gasteiger partial charge on any atom is -0.481 e. The molecule has 0 bridgehead atoms. The highest BCUT2D eigenvalue weighted by molar-refractivity contribution is 9.10. The van der Waals surface area contributed by atoms with Crippen LogP contribution in [0.1, 0.15) is 95.4 Å². The zero-order valence-electron chi connectivity index (χ0n) is 27.2. The van der Waals surface area contributed by atoms with Gasteiger partial charge in [0.15, 0.2) is 0 Å². The zero-order valence-corrected chi connectivity index (χ0v) is 28.4. The highest BCUT2D eigenvalue weighted by Gasteiger charge is 2.13. The van der Waals surface area contributed by atoms with E-state index < -0.39 is 12.8 Å². The van der Waals surface area contributed by atoms with Crippen LogP contribution in [0.15, 0.2) is 57.5 Å². The van der Waals surface area contributed by atoms with Crippen molar-refractivity contribution in [3.05, 3.63) is 68.6 Å². The Morgan fingerprint density at radius 1 is 0.872 bits per heavy atom. The van der Waals surface area contributed by atoms with Gasteiger partial charge in [-0.15, -0.1) is 0 Å². The maximum absolute atomic E-state index is 11.7. The molecule has 2 rings (SSSR count). The van der Waals surface area contributed by atoms with Crippen molar-refractivity contribution in [2.75, 3.05) is 13.2 Å². The molecule has 0 aromatic heterocycles. The summed E-state index contributed by atoms with van der Waals surface area (Å²) in [6.45, 7) is 16.8. The van der Waals surface area contributed by atoms with Gasteiger partial charge in [0.2, 0.25) is 0 Å². The van der Waals surface area contributed by atoms with Crippen molar-refractivity contribution in [2.24, 2.45) is 16.6 Å². The first-order valence-corrected chi connectivity index (χ1v) is 14.8. The van der Waals surface area contributed by atoms with Gasteiger partial charge in [-0.05, 0) is 66.1 Å². The number of carbonyl (C=O) groups is 2. The van der Waals surface area contributed by atoms with E-state index in [0.717, 1.165) is 33.0 Å². The van der Waals surface area contributed by atoms with Gasteiger partial charge in [-0.25, -0.2) is 0 Å². The molecule has 0 heterocycles. The Balaban J connectivity index is -0.000000499. The van der Waals surface area contributed by atoms with Gasteiger partial charge in [-0.1, -0.05) is 118 Å². The monoisotopic (exact) mass is 676 g/mol. The highest BCUT2D eigenvalue weighted by atomic mass is 79.9. The van der Waals surface area contributed by atoms with Crippen molar-refractivity contribution in [3.63, 3.8) is 0 Å². The Hall–Kier alpha value is -1.54. The van der Waals surface area contributed by atoms with E-state index >= 15 is 0 Å². The molecule has 0 amide bonds. The number of carboxylic acid groups (broad SMARTS) is 1. The molecule has 4 N–H and O–H groups in total. The molecular formula is C32H53Br2NO4. The lowest BCUT2D eigenvalue weighted by atomic mass is 9.89. The van der Waals surface area contributed by atoms with Crippen molar-refractivity contribution in [1.29, 1.82) is 0 Å². The number of ketones is 1. The normalized spacial score (nSPS) is 11.7. The molecule has 2 aromatic rings. The molecule has 0 aliphatic rings. The van der Waals surface area contributed by atoms with Crippen molar-refractivity contribution in [1.82, 2.24) is 0 Å². The van der Waals surface area contributed by atoms with Gasteiger partial charge in [-0.2, -0.15) is 0 Å². The number of hydrogen-bond donors (Lipinski definition) is 3. The van der Waals surface area contributed by atoms with E-state index in [1.165, 1.54) is 0 Å². The van der Waals surface area contributed by atoms with Gasteiger partial charge in [0, 0.05) is 31.1 Å². The molecule has 7 heteroatoms. The number of hydrogen-bond acceptors (Lipinski definition) is 4. The standard InChI is InChI=1S/C14H19BrO.C8H7BrO2.C5H13N.C3H8.C2H6O/c1-14(2,3)9-8-13(16)10-11-4-6-12(15)7-5-11;9-7-3-1-6(2-4-7)5-8(10)11;1-5(2,3)4-6;1-3-2;1-2-3/h4-7H,8-10H2,1-3H3;1-4H,5H2,(H,10,11);4,6H2,1-3H3;3H2,1-2H3;3H,2H2,1H3/i;;;1TD;. The van der Waals surface area contributed by atoms with Gasteiger partial charge < -0.3 is 15.9 Å². The summed E-state index contributed by atoms with van der Waals surface area (Å²) in [6.07, 6.45) is 2.93. The third kappa shape index (κ3) is 34.4. The first-order chi connectivity index (χ1) is 18.8. The average Bonchev–Trinajstić information content (AvgIpc) is 2.86. The van der Waals surface area contributed by atoms with Crippen LogP contribution in [-0.4, -0.2) is 35.1 Å². The van der Waals surface area contributed by atoms with Gasteiger partial charge in [0.05, 0.1) is 6.42 Å². The molecule has 224 valence electrons. The molecular weight excluding hydrogens is 622 g/mol. The number of aliphatic hydroxyl groups is 1. The van der Waals surface area contributed by atoms with Crippen LogP contribution in [0.4, 0.5) is 0 Å². The van der Waals surface area contributed by atoms with E-state index in [9.17, 15) is 9.59 Å². The smallest absolute Gasteiger partial charge is 0.307 e. The molecule has 39 heavy (non-hydrogen) atoms. The summed E-state index contributed by atoms with van der Waals surface area (Å²) in [4.78, 5) is 22.0. The third-order valence-electron chi connectivity index (χ3n) is 4.35. The molecule has 0 aliphatic heterocycles. The first kappa shape index (κ1) is 37.5. The molecule has 0 spiro atoms. The number of carboxylic acids is 1. The summed E-state index contributed by atoms with van der Waals surface area (Å²) in [5, 5.41) is 16.0. The van der Waals surface area contributed by atoms with Crippen LogP contribution in [0.3, 0.4) is 0 Å². The summed E-state index contributed by atoms with van der Waals surface area (Å²) >= 11 is 6.65. The predicted octanol–water partition coefficient (Wildman–Crippen LogP) is 8.87. The number of benzene rings is 2. The fraction of sp³-hybridized carbons (Fsp3) is 0.562. The molecule has 0 fully saturated rings. The van der Waals surface area contributed by atoms with Crippen molar-refractivity contribution < 1.29 is 22.5 Å². The first-order valence-electron chi connectivity index (χ1n) is 14.3. The van der Waals surface area contributed by atoms with Crippen molar-refractivity contribution in [2.45, 2.75) is 94.4 Å². The van der Waals surface area contributed by atoms with Crippen LogP contribution in [-0.2, 0) is 22.4 Å². The lowest BCUT2D eigenvalue weighted by Crippen LogP contribution is -2.18. The summed E-state index contributed by atoms with van der Waals surface area (Å²) < 4.78 is 15.0. The van der Waals surface area contributed by atoms with Gasteiger partial charge in [0.25, 0.3) is 0 Å². The number of Topliss-reactive ketones (excluding diaryl/α,β-unsaturated/α-hetero) is 1. The second-order valence-electron chi connectivity index (χ2n) is 11.1. The maximum atomic E-state index is 11.7. The second kappa shape index (κ2) is 24.3. The lowest BCUT2D eigenvalue weighted by Gasteiger charge is -2.16. The van der Waals surface area contributed by atoms with Crippen LogP contribution in [0.5, 0.6) is 0 Å². The van der Waals surface area contributed by atoms with E-state index in [2.05, 4.69) is 73.4 Å². The number of carbonyl (C=O) groups excluding carboxylic acids is 1. The Labute approximate surface area is 258 Å². The van der Waals surface area contributed by atoms with E-state index in [-0.39, 0.29) is 18.4 Å². The quantitative estimate of drug-likeness (QED) is 0.284. The minimum atomic E-state index is -0.799. The number of rotatable bonds is 6. The number of halogens is 2. The fourth-order valence-corrected chi connectivity index (χ4v) is 2.74. The summed E-state index contributed by atoms with van der Waals surface area (Å²) in [7, 11) is 0. The van der Waals surface area contributed by atoms with E-state index in [1.54, 1.807) is 19.1 Å². The van der Waals surface area contributed by atoms with Crippen LogP contribution in [0.2, 0.25) is 0 Å². The Bertz CT molecular complexity index is 925. The van der Waals surface area contributed by atoms with Crippen LogP contribution < -0.4 is 5.73 Å². The second-order valence-corrected chi connectivity index (χ2v) is 12.9. The fourth-order valence-electron chi connectivity index (χ4n) is 2.21. The Kier molecular flexibility index (Phi) is 23.3. The van der Waals surface area contributed by atoms with Gasteiger partial charge in [0.1, 0.15) is 5.78 Å². The third-order valence-corrected chi connectivity index (χ3v) is 5.41. The predicted molar refractivity (Wildman–Crippen MR) is 174 cm³/mol. The SMILES string of the molecule is CC(C)(C)CCC(=O)Cc1ccc(Br)cc1.CC(C)(C)CN.CCO.O=C(O)Cc1ccc(Br)cc1.[2H]C([3H])CC. The minimum absolute atomic E-state index is 0.0906. The van der Waals surface area contributed by atoms with E-state index in [4.69, 9.17) is 18.7 Å². The van der Waals surface area contributed by atoms with Crippen LogP contribution in [0, 0.1) is 10.8 Å². The van der Waals surface area contributed by atoms with Gasteiger partial charge in [-0.3, -0.25) is 9.59 Å². The zero-order chi connectivity index (χ0) is 32.6. The molecule has 5 nitrogen and oxygen atoms in total. The highest BCUT2D eigenvalue weighted by Crippen LogP contribution is 2.21. The summed E-state index contributed by atoms with van der Waals surface area (Å²) in [5.41, 5.74) is 7.79. The van der Waals surface area contributed by atoms with Gasteiger partial charge >= 0.3 is 5.97 Å². The van der Waals surface area contributed by atoms with Crippen molar-refractivity contribution >= 4 is 43.6 Å². The summed E-state index contributed by atoms with van der Waals surface area (Å²) in [5.74, 6) is -0.468. The molecule has 2 aromatic carbocycles.